The SMILES string of the molecule is CCC(C(=O)N(C)Cc1nc(C2CC2)no1)n1cc(C(C)=O)c2ccccc21. The second-order valence-corrected chi connectivity index (χ2v) is 7.46. The van der Waals surface area contributed by atoms with E-state index in [1.807, 2.05) is 35.8 Å². The molecule has 1 atom stereocenters. The number of carbonyl (C=O) groups is 2. The van der Waals surface area contributed by atoms with Crippen molar-refractivity contribution in [1.82, 2.24) is 19.6 Å². The van der Waals surface area contributed by atoms with Crippen LogP contribution in [-0.4, -0.2) is 38.3 Å². The van der Waals surface area contributed by atoms with E-state index in [0.717, 1.165) is 29.6 Å². The van der Waals surface area contributed by atoms with Crippen molar-refractivity contribution in [2.24, 2.45) is 0 Å². The quantitative estimate of drug-likeness (QED) is 0.584. The van der Waals surface area contributed by atoms with E-state index in [1.165, 1.54) is 0 Å². The highest BCUT2D eigenvalue weighted by atomic mass is 16.5. The van der Waals surface area contributed by atoms with Crippen molar-refractivity contribution in [3.63, 3.8) is 0 Å². The van der Waals surface area contributed by atoms with Gasteiger partial charge in [-0.05, 0) is 32.3 Å². The zero-order valence-corrected chi connectivity index (χ0v) is 16.4. The molecule has 28 heavy (non-hydrogen) atoms. The maximum atomic E-state index is 13.2. The molecule has 0 saturated heterocycles. The predicted molar refractivity (Wildman–Crippen MR) is 104 cm³/mol. The number of ketones is 1. The third kappa shape index (κ3) is 3.32. The molecule has 1 fully saturated rings. The van der Waals surface area contributed by atoms with Gasteiger partial charge in [0.25, 0.3) is 0 Å². The first-order valence-electron chi connectivity index (χ1n) is 9.67. The molecule has 4 rings (SSSR count). The minimum Gasteiger partial charge on any atom is -0.337 e. The van der Waals surface area contributed by atoms with Gasteiger partial charge in [0.1, 0.15) is 6.04 Å². The normalized spacial score (nSPS) is 15.0. The molecule has 1 aliphatic carbocycles. The van der Waals surface area contributed by atoms with Gasteiger partial charge in [-0.2, -0.15) is 4.98 Å². The highest BCUT2D eigenvalue weighted by Gasteiger charge is 2.30. The number of amides is 1. The Labute approximate surface area is 163 Å². The van der Waals surface area contributed by atoms with Crippen LogP contribution in [0.5, 0.6) is 0 Å². The van der Waals surface area contributed by atoms with E-state index < -0.39 is 6.04 Å². The molecule has 0 bridgehead atoms. The number of rotatable bonds is 7. The lowest BCUT2D eigenvalue weighted by molar-refractivity contribution is -0.134. The average molecular weight is 380 g/mol. The fraction of sp³-hybridized carbons (Fsp3) is 0.429. The summed E-state index contributed by atoms with van der Waals surface area (Å²) in [6, 6.07) is 7.27. The highest BCUT2D eigenvalue weighted by molar-refractivity contribution is 6.07. The van der Waals surface area contributed by atoms with Crippen LogP contribution in [0.25, 0.3) is 10.9 Å². The molecule has 2 heterocycles. The van der Waals surface area contributed by atoms with Crippen molar-refractivity contribution < 1.29 is 14.1 Å². The third-order valence-corrected chi connectivity index (χ3v) is 5.30. The molecule has 0 radical (unpaired) electrons. The zero-order chi connectivity index (χ0) is 19.8. The van der Waals surface area contributed by atoms with Gasteiger partial charge < -0.3 is 14.0 Å². The Morgan fingerprint density at radius 1 is 1.32 bits per heavy atom. The van der Waals surface area contributed by atoms with Gasteiger partial charge in [0, 0.05) is 35.6 Å². The van der Waals surface area contributed by atoms with Crippen LogP contribution in [0.3, 0.4) is 0 Å². The molecule has 146 valence electrons. The molecule has 1 unspecified atom stereocenters. The van der Waals surface area contributed by atoms with Gasteiger partial charge in [-0.25, -0.2) is 0 Å². The zero-order valence-electron chi connectivity index (χ0n) is 16.4. The summed E-state index contributed by atoms with van der Waals surface area (Å²) in [5.74, 6) is 1.55. The van der Waals surface area contributed by atoms with Crippen molar-refractivity contribution in [3.8, 4) is 0 Å². The molecule has 0 N–H and O–H groups in total. The van der Waals surface area contributed by atoms with Gasteiger partial charge in [0.2, 0.25) is 11.8 Å². The second kappa shape index (κ2) is 7.22. The predicted octanol–water partition coefficient (Wildman–Crippen LogP) is 3.71. The summed E-state index contributed by atoms with van der Waals surface area (Å²) < 4.78 is 7.22. The van der Waals surface area contributed by atoms with E-state index in [0.29, 0.717) is 23.8 Å². The first-order valence-corrected chi connectivity index (χ1v) is 9.67. The molecule has 2 aromatic heterocycles. The minimum absolute atomic E-state index is 0.0101. The fourth-order valence-electron chi connectivity index (χ4n) is 3.61. The van der Waals surface area contributed by atoms with Crippen molar-refractivity contribution >= 4 is 22.6 Å². The maximum absolute atomic E-state index is 13.2. The lowest BCUT2D eigenvalue weighted by atomic mass is 10.1. The lowest BCUT2D eigenvalue weighted by Crippen LogP contribution is -2.33. The molecular formula is C21H24N4O3. The van der Waals surface area contributed by atoms with Crippen molar-refractivity contribution in [1.29, 1.82) is 0 Å². The number of hydrogen-bond acceptors (Lipinski definition) is 5. The summed E-state index contributed by atoms with van der Waals surface area (Å²) >= 11 is 0. The van der Waals surface area contributed by atoms with Crippen LogP contribution in [-0.2, 0) is 11.3 Å². The molecule has 0 spiro atoms. The van der Waals surface area contributed by atoms with Gasteiger partial charge in [-0.1, -0.05) is 30.3 Å². The number of Topliss-reactive ketones (excluding diaryl/α,β-unsaturated/α-hetero) is 1. The van der Waals surface area contributed by atoms with Gasteiger partial charge in [-0.15, -0.1) is 0 Å². The molecule has 1 amide bonds. The first kappa shape index (κ1) is 18.4. The van der Waals surface area contributed by atoms with E-state index in [2.05, 4.69) is 10.1 Å². The van der Waals surface area contributed by atoms with E-state index >= 15 is 0 Å². The van der Waals surface area contributed by atoms with Crippen LogP contribution < -0.4 is 0 Å². The smallest absolute Gasteiger partial charge is 0.246 e. The third-order valence-electron chi connectivity index (χ3n) is 5.30. The minimum atomic E-state index is -0.408. The number of aromatic nitrogens is 3. The van der Waals surface area contributed by atoms with Crippen LogP contribution in [0.2, 0.25) is 0 Å². The van der Waals surface area contributed by atoms with E-state index in [1.54, 1.807) is 25.1 Å². The number of benzene rings is 1. The van der Waals surface area contributed by atoms with Crippen molar-refractivity contribution in [2.45, 2.75) is 51.6 Å². The van der Waals surface area contributed by atoms with Crippen LogP contribution in [0.1, 0.15) is 67.1 Å². The van der Waals surface area contributed by atoms with Crippen LogP contribution in [0.4, 0.5) is 0 Å². The summed E-state index contributed by atoms with van der Waals surface area (Å²) in [6.45, 7) is 3.79. The van der Waals surface area contributed by atoms with Crippen LogP contribution in [0.15, 0.2) is 35.0 Å². The summed E-state index contributed by atoms with van der Waals surface area (Å²) in [5.41, 5.74) is 1.52. The van der Waals surface area contributed by atoms with Gasteiger partial charge in [0.05, 0.1) is 6.54 Å². The molecule has 1 aliphatic rings. The number of hydrogen-bond donors (Lipinski definition) is 0. The Kier molecular flexibility index (Phi) is 4.75. The molecule has 0 aliphatic heterocycles. The van der Waals surface area contributed by atoms with Crippen molar-refractivity contribution in [2.75, 3.05) is 7.05 Å². The summed E-state index contributed by atoms with van der Waals surface area (Å²) in [7, 11) is 1.74. The van der Waals surface area contributed by atoms with Gasteiger partial charge in [0.15, 0.2) is 11.6 Å². The average Bonchev–Trinajstić information content (AvgIpc) is 3.31. The number of para-hydroxylation sites is 1. The van der Waals surface area contributed by atoms with Gasteiger partial charge in [-0.3, -0.25) is 9.59 Å². The molecule has 7 nitrogen and oxygen atoms in total. The lowest BCUT2D eigenvalue weighted by Gasteiger charge is -2.23. The number of carbonyl (C=O) groups excluding carboxylic acids is 2. The topological polar surface area (TPSA) is 81.2 Å². The standard InChI is InChI=1S/C21H24N4O3/c1-4-17(25-11-16(13(2)26)15-7-5-6-8-18(15)25)21(27)24(3)12-19-22-20(23-28-19)14-9-10-14/h5-8,11,14,17H,4,9-10,12H2,1-3H3. The van der Waals surface area contributed by atoms with Crippen molar-refractivity contribution in [3.05, 3.63) is 47.7 Å². The molecule has 1 aromatic carbocycles. The Hall–Kier alpha value is -2.96. The number of nitrogens with zero attached hydrogens (tertiary/aromatic N) is 4. The Morgan fingerprint density at radius 3 is 2.75 bits per heavy atom. The highest BCUT2D eigenvalue weighted by Crippen LogP contribution is 2.38. The van der Waals surface area contributed by atoms with E-state index in [-0.39, 0.29) is 18.2 Å². The molecule has 3 aromatic rings. The molecule has 7 heteroatoms. The Morgan fingerprint density at radius 2 is 2.07 bits per heavy atom. The molecular weight excluding hydrogens is 356 g/mol. The maximum Gasteiger partial charge on any atom is 0.246 e. The van der Waals surface area contributed by atoms with Gasteiger partial charge >= 0.3 is 0 Å². The summed E-state index contributed by atoms with van der Waals surface area (Å²) in [4.78, 5) is 31.3. The Bertz CT molecular complexity index is 1030. The Balaban J connectivity index is 1.59. The summed E-state index contributed by atoms with van der Waals surface area (Å²) in [5, 5.41) is 4.88. The van der Waals surface area contributed by atoms with E-state index in [9.17, 15) is 9.59 Å². The summed E-state index contributed by atoms with van der Waals surface area (Å²) in [6.07, 6.45) is 4.61. The number of likely N-dealkylation sites (N-methyl/N-ethyl adjacent to an activating group) is 1. The number of fused-ring (bicyclic) bond motifs is 1. The second-order valence-electron chi connectivity index (χ2n) is 7.46. The van der Waals surface area contributed by atoms with Crippen LogP contribution in [0, 0.1) is 0 Å². The fourth-order valence-corrected chi connectivity index (χ4v) is 3.61. The largest absolute Gasteiger partial charge is 0.337 e. The molecule has 1 saturated carbocycles. The monoisotopic (exact) mass is 380 g/mol. The first-order chi connectivity index (χ1) is 13.5. The van der Waals surface area contributed by atoms with Crippen LogP contribution >= 0.6 is 0 Å². The van der Waals surface area contributed by atoms with E-state index in [4.69, 9.17) is 4.52 Å².